The smallest absolute Gasteiger partial charge is 0.0341 e. The summed E-state index contributed by atoms with van der Waals surface area (Å²) < 4.78 is 0. The molecule has 0 aliphatic rings. The highest BCUT2D eigenvalue weighted by Gasteiger charge is 2.06. The Bertz CT molecular complexity index is 298. The lowest BCUT2D eigenvalue weighted by molar-refractivity contribution is 0.574. The molecule has 0 heterocycles. The van der Waals surface area contributed by atoms with Crippen molar-refractivity contribution in [1.82, 2.24) is 5.43 Å². The van der Waals surface area contributed by atoms with E-state index in [9.17, 15) is 0 Å². The zero-order chi connectivity index (χ0) is 11.1. The average Bonchev–Trinajstić information content (AvgIpc) is 2.25. The third kappa shape index (κ3) is 5.02. The van der Waals surface area contributed by atoms with Crippen molar-refractivity contribution in [3.63, 3.8) is 0 Å². The zero-order valence-corrected chi connectivity index (χ0v) is 9.89. The summed E-state index contributed by atoms with van der Waals surface area (Å²) >= 11 is 1.81. The first kappa shape index (κ1) is 12.3. The zero-order valence-electron chi connectivity index (χ0n) is 9.07. The highest BCUT2D eigenvalue weighted by atomic mass is 32.2. The lowest BCUT2D eigenvalue weighted by atomic mass is 10.1. The Balaban J connectivity index is 2.37. The van der Waals surface area contributed by atoms with E-state index in [2.05, 4.69) is 24.1 Å². The standard InChI is InChI=1S/C12H18N2S/c1-10(2)8-11(14-13)9-15-12-6-4-3-5-7-12/h3-7,11,14H,1,8-9,13H2,2H3. The first-order chi connectivity index (χ1) is 7.22. The molecule has 82 valence electrons. The number of hydrazine groups is 1. The van der Waals surface area contributed by atoms with Crippen LogP contribution in [0.4, 0.5) is 0 Å². The van der Waals surface area contributed by atoms with Crippen molar-refractivity contribution in [2.75, 3.05) is 5.75 Å². The maximum Gasteiger partial charge on any atom is 0.0341 e. The van der Waals surface area contributed by atoms with Gasteiger partial charge in [-0.3, -0.25) is 11.3 Å². The van der Waals surface area contributed by atoms with Crippen LogP contribution in [0.25, 0.3) is 0 Å². The molecule has 3 heteroatoms. The van der Waals surface area contributed by atoms with E-state index in [1.165, 1.54) is 4.90 Å². The Kier molecular flexibility index (Phi) is 5.47. The molecule has 0 fully saturated rings. The van der Waals surface area contributed by atoms with Gasteiger partial charge in [0.15, 0.2) is 0 Å². The third-order valence-electron chi connectivity index (χ3n) is 2.02. The summed E-state index contributed by atoms with van der Waals surface area (Å²) in [6.45, 7) is 5.92. The van der Waals surface area contributed by atoms with Crippen molar-refractivity contribution in [3.05, 3.63) is 42.5 Å². The Morgan fingerprint density at radius 1 is 1.47 bits per heavy atom. The van der Waals surface area contributed by atoms with Crippen LogP contribution in [0.5, 0.6) is 0 Å². The van der Waals surface area contributed by atoms with E-state index >= 15 is 0 Å². The van der Waals surface area contributed by atoms with Gasteiger partial charge in [-0.25, -0.2) is 0 Å². The molecule has 2 nitrogen and oxygen atoms in total. The second kappa shape index (κ2) is 6.67. The summed E-state index contributed by atoms with van der Waals surface area (Å²) in [6.07, 6.45) is 0.927. The van der Waals surface area contributed by atoms with Crippen LogP contribution in [0.1, 0.15) is 13.3 Å². The van der Waals surface area contributed by atoms with Crippen LogP contribution in [0.2, 0.25) is 0 Å². The molecular formula is C12H18N2S. The van der Waals surface area contributed by atoms with Crippen LogP contribution >= 0.6 is 11.8 Å². The van der Waals surface area contributed by atoms with Gasteiger partial charge in [-0.1, -0.05) is 23.8 Å². The van der Waals surface area contributed by atoms with Crippen molar-refractivity contribution in [1.29, 1.82) is 0 Å². The molecule has 0 radical (unpaired) electrons. The average molecular weight is 222 g/mol. The van der Waals surface area contributed by atoms with Crippen molar-refractivity contribution in [3.8, 4) is 0 Å². The Hall–Kier alpha value is -0.770. The lowest BCUT2D eigenvalue weighted by Gasteiger charge is -2.15. The summed E-state index contributed by atoms with van der Waals surface area (Å²) in [5, 5.41) is 0. The second-order valence-corrected chi connectivity index (χ2v) is 4.74. The number of hydrogen-bond donors (Lipinski definition) is 2. The summed E-state index contributed by atoms with van der Waals surface area (Å²) in [7, 11) is 0. The molecule has 1 aromatic rings. The van der Waals surface area contributed by atoms with E-state index in [1.807, 2.05) is 36.9 Å². The van der Waals surface area contributed by atoms with E-state index in [-0.39, 0.29) is 0 Å². The molecule has 15 heavy (non-hydrogen) atoms. The van der Waals surface area contributed by atoms with Crippen LogP contribution in [0.15, 0.2) is 47.4 Å². The minimum absolute atomic E-state index is 0.299. The first-order valence-electron chi connectivity index (χ1n) is 5.00. The van der Waals surface area contributed by atoms with Crippen LogP contribution in [-0.2, 0) is 0 Å². The molecule has 0 spiro atoms. The number of hydrogen-bond acceptors (Lipinski definition) is 3. The number of benzene rings is 1. The summed E-state index contributed by atoms with van der Waals surface area (Å²) in [5.41, 5.74) is 3.98. The topological polar surface area (TPSA) is 38.0 Å². The van der Waals surface area contributed by atoms with Gasteiger partial charge in [0.1, 0.15) is 0 Å². The van der Waals surface area contributed by atoms with Gasteiger partial charge in [0, 0.05) is 16.7 Å². The maximum absolute atomic E-state index is 5.48. The fraction of sp³-hybridized carbons (Fsp3) is 0.333. The van der Waals surface area contributed by atoms with Gasteiger partial charge in [-0.15, -0.1) is 18.3 Å². The monoisotopic (exact) mass is 222 g/mol. The fourth-order valence-corrected chi connectivity index (χ4v) is 2.26. The lowest BCUT2D eigenvalue weighted by Crippen LogP contribution is -2.37. The molecule has 0 amide bonds. The highest BCUT2D eigenvalue weighted by Crippen LogP contribution is 2.19. The van der Waals surface area contributed by atoms with Gasteiger partial charge < -0.3 is 0 Å². The highest BCUT2D eigenvalue weighted by molar-refractivity contribution is 7.99. The SMILES string of the molecule is C=C(C)CC(CSc1ccccc1)NN. The quantitative estimate of drug-likeness (QED) is 0.336. The van der Waals surface area contributed by atoms with Gasteiger partial charge in [-0.05, 0) is 25.5 Å². The van der Waals surface area contributed by atoms with E-state index < -0.39 is 0 Å². The van der Waals surface area contributed by atoms with Gasteiger partial charge in [-0.2, -0.15) is 0 Å². The summed E-state index contributed by atoms with van der Waals surface area (Å²) in [4.78, 5) is 1.28. The molecule has 1 aromatic carbocycles. The van der Waals surface area contributed by atoms with Crippen molar-refractivity contribution >= 4 is 11.8 Å². The molecule has 0 aliphatic carbocycles. The molecule has 3 N–H and O–H groups in total. The molecule has 0 saturated carbocycles. The summed E-state index contributed by atoms with van der Waals surface area (Å²) in [6, 6.07) is 10.6. The van der Waals surface area contributed by atoms with Crippen molar-refractivity contribution < 1.29 is 0 Å². The van der Waals surface area contributed by atoms with Crippen molar-refractivity contribution in [2.45, 2.75) is 24.3 Å². The number of thioether (sulfide) groups is 1. The molecule has 0 bridgehead atoms. The molecule has 1 rings (SSSR count). The molecule has 0 aliphatic heterocycles. The maximum atomic E-state index is 5.48. The predicted molar refractivity (Wildman–Crippen MR) is 67.7 cm³/mol. The minimum atomic E-state index is 0.299. The first-order valence-corrected chi connectivity index (χ1v) is 5.99. The van der Waals surface area contributed by atoms with Gasteiger partial charge >= 0.3 is 0 Å². The van der Waals surface area contributed by atoms with Crippen LogP contribution in [0.3, 0.4) is 0 Å². The van der Waals surface area contributed by atoms with Gasteiger partial charge in [0.25, 0.3) is 0 Å². The third-order valence-corrected chi connectivity index (χ3v) is 3.20. The number of rotatable bonds is 6. The van der Waals surface area contributed by atoms with Crippen LogP contribution < -0.4 is 11.3 Å². The second-order valence-electron chi connectivity index (χ2n) is 3.65. The normalized spacial score (nSPS) is 12.4. The Morgan fingerprint density at radius 3 is 2.67 bits per heavy atom. The van der Waals surface area contributed by atoms with Gasteiger partial charge in [0.05, 0.1) is 0 Å². The molecule has 1 unspecified atom stereocenters. The Morgan fingerprint density at radius 2 is 2.13 bits per heavy atom. The van der Waals surface area contributed by atoms with E-state index in [0.717, 1.165) is 17.7 Å². The fourth-order valence-electron chi connectivity index (χ4n) is 1.30. The molecule has 0 saturated heterocycles. The number of nitrogens with two attached hydrogens (primary N) is 1. The van der Waals surface area contributed by atoms with Crippen LogP contribution in [-0.4, -0.2) is 11.8 Å². The predicted octanol–water partition coefficient (Wildman–Crippen LogP) is 2.58. The van der Waals surface area contributed by atoms with E-state index in [0.29, 0.717) is 6.04 Å². The number of nitrogens with one attached hydrogen (secondary N) is 1. The molecule has 0 aromatic heterocycles. The van der Waals surface area contributed by atoms with E-state index in [4.69, 9.17) is 5.84 Å². The van der Waals surface area contributed by atoms with Crippen LogP contribution in [0, 0.1) is 0 Å². The summed E-state index contributed by atoms with van der Waals surface area (Å²) in [5.74, 6) is 6.45. The molecule has 1 atom stereocenters. The minimum Gasteiger partial charge on any atom is -0.271 e. The van der Waals surface area contributed by atoms with Crippen molar-refractivity contribution in [2.24, 2.45) is 5.84 Å². The molecular weight excluding hydrogens is 204 g/mol. The van der Waals surface area contributed by atoms with E-state index in [1.54, 1.807) is 0 Å². The van der Waals surface area contributed by atoms with Gasteiger partial charge in [0.2, 0.25) is 0 Å². The Labute approximate surface area is 95.9 Å². The largest absolute Gasteiger partial charge is 0.271 e.